The topological polar surface area (TPSA) is 55.4 Å². The molecule has 0 saturated carbocycles. The summed E-state index contributed by atoms with van der Waals surface area (Å²) in [4.78, 5) is 25.4. The summed E-state index contributed by atoms with van der Waals surface area (Å²) in [7, 11) is 1.52. The second kappa shape index (κ2) is 8.80. The van der Waals surface area contributed by atoms with Crippen LogP contribution in [0.3, 0.4) is 0 Å². The number of ether oxygens (including phenoxy) is 1. The van der Waals surface area contributed by atoms with Gasteiger partial charge in [0.1, 0.15) is 11.6 Å². The minimum atomic E-state index is -0.380. The maximum atomic E-state index is 13.3. The van der Waals surface area contributed by atoms with Crippen molar-refractivity contribution in [3.63, 3.8) is 0 Å². The Morgan fingerprint density at radius 1 is 1.14 bits per heavy atom. The van der Waals surface area contributed by atoms with Gasteiger partial charge in [-0.2, -0.15) is 0 Å². The zero-order valence-corrected chi connectivity index (χ0v) is 16.4. The Kier molecular flexibility index (Phi) is 6.21. The molecule has 1 atom stereocenters. The van der Waals surface area contributed by atoms with E-state index in [2.05, 4.69) is 5.32 Å². The van der Waals surface area contributed by atoms with Crippen LogP contribution in [0.15, 0.2) is 60.0 Å². The third-order valence-corrected chi connectivity index (χ3v) is 5.31. The molecule has 1 aromatic heterocycles. The van der Waals surface area contributed by atoms with Crippen LogP contribution in [0.1, 0.15) is 39.3 Å². The maximum absolute atomic E-state index is 13.3. The molecule has 3 rings (SSSR count). The van der Waals surface area contributed by atoms with Crippen molar-refractivity contribution in [3.05, 3.63) is 87.4 Å². The average molecular weight is 397 g/mol. The second-order valence-electron chi connectivity index (χ2n) is 6.33. The molecule has 0 radical (unpaired) electrons. The van der Waals surface area contributed by atoms with Gasteiger partial charge in [-0.3, -0.25) is 9.59 Å². The highest BCUT2D eigenvalue weighted by atomic mass is 32.1. The van der Waals surface area contributed by atoms with Gasteiger partial charge in [-0.25, -0.2) is 4.39 Å². The van der Waals surface area contributed by atoms with Gasteiger partial charge < -0.3 is 10.1 Å². The summed E-state index contributed by atoms with van der Waals surface area (Å²) in [6.07, 6.45) is 0.0629. The van der Waals surface area contributed by atoms with E-state index in [1.165, 1.54) is 37.5 Å². The van der Waals surface area contributed by atoms with E-state index in [4.69, 9.17) is 4.74 Å². The Bertz CT molecular complexity index is 968. The summed E-state index contributed by atoms with van der Waals surface area (Å²) in [6.45, 7) is 1.48. The Hall–Kier alpha value is -2.99. The lowest BCUT2D eigenvalue weighted by molar-refractivity contribution is -0.120. The average Bonchev–Trinajstić information content (AvgIpc) is 3.21. The van der Waals surface area contributed by atoms with Crippen LogP contribution >= 0.6 is 11.3 Å². The number of rotatable bonds is 7. The van der Waals surface area contributed by atoms with E-state index in [0.29, 0.717) is 16.9 Å². The Balaban J connectivity index is 1.84. The highest BCUT2D eigenvalue weighted by Crippen LogP contribution is 2.27. The fraction of sp³-hybridized carbons (Fsp3) is 0.182. The van der Waals surface area contributed by atoms with Gasteiger partial charge in [0.2, 0.25) is 5.91 Å². The van der Waals surface area contributed by atoms with Gasteiger partial charge in [0.15, 0.2) is 5.78 Å². The van der Waals surface area contributed by atoms with Crippen LogP contribution in [0.2, 0.25) is 0 Å². The molecule has 2 aromatic carbocycles. The molecule has 0 aliphatic carbocycles. The van der Waals surface area contributed by atoms with E-state index in [-0.39, 0.29) is 30.0 Å². The molecule has 0 aliphatic rings. The van der Waals surface area contributed by atoms with Crippen molar-refractivity contribution in [2.45, 2.75) is 19.4 Å². The number of halogens is 1. The van der Waals surface area contributed by atoms with Crippen molar-refractivity contribution >= 4 is 23.0 Å². The zero-order valence-electron chi connectivity index (χ0n) is 15.6. The molecule has 0 fully saturated rings. The summed E-state index contributed by atoms with van der Waals surface area (Å²) in [5, 5.41) is 4.94. The zero-order chi connectivity index (χ0) is 20.1. The quantitative estimate of drug-likeness (QED) is 0.595. The normalized spacial score (nSPS) is 11.7. The summed E-state index contributed by atoms with van der Waals surface area (Å²) < 4.78 is 18.6. The molecular weight excluding hydrogens is 377 g/mol. The fourth-order valence-electron chi connectivity index (χ4n) is 2.95. The number of ketones is 1. The largest absolute Gasteiger partial charge is 0.496 e. The Labute approximate surface area is 167 Å². The van der Waals surface area contributed by atoms with Crippen molar-refractivity contribution < 1.29 is 18.7 Å². The van der Waals surface area contributed by atoms with Crippen molar-refractivity contribution in [3.8, 4) is 5.75 Å². The van der Waals surface area contributed by atoms with E-state index in [9.17, 15) is 14.0 Å². The number of hydrogen-bond donors (Lipinski definition) is 1. The number of Topliss-reactive ketones (excluding diaryl/α,β-unsaturated/α-hetero) is 1. The predicted octanol–water partition coefficient (Wildman–Crippen LogP) is 4.55. The predicted molar refractivity (Wildman–Crippen MR) is 107 cm³/mol. The molecule has 0 spiro atoms. The van der Waals surface area contributed by atoms with E-state index < -0.39 is 0 Å². The van der Waals surface area contributed by atoms with E-state index in [1.54, 1.807) is 30.3 Å². The van der Waals surface area contributed by atoms with Crippen LogP contribution in [-0.4, -0.2) is 18.8 Å². The van der Waals surface area contributed by atoms with Crippen molar-refractivity contribution in [2.75, 3.05) is 7.11 Å². The smallest absolute Gasteiger partial charge is 0.225 e. The molecule has 0 aliphatic heterocycles. The van der Waals surface area contributed by atoms with Crippen LogP contribution in [0.5, 0.6) is 5.75 Å². The number of benzene rings is 2. The minimum Gasteiger partial charge on any atom is -0.496 e. The molecule has 0 bridgehead atoms. The third kappa shape index (κ3) is 4.64. The number of amides is 1. The van der Waals surface area contributed by atoms with Crippen LogP contribution in [0.4, 0.5) is 4.39 Å². The van der Waals surface area contributed by atoms with Gasteiger partial charge in [0.25, 0.3) is 0 Å². The summed E-state index contributed by atoms with van der Waals surface area (Å²) in [5.41, 5.74) is 1.95. The molecule has 6 heteroatoms. The van der Waals surface area contributed by atoms with Gasteiger partial charge >= 0.3 is 0 Å². The first-order valence-electron chi connectivity index (χ1n) is 8.74. The van der Waals surface area contributed by atoms with Crippen LogP contribution in [0, 0.1) is 5.82 Å². The van der Waals surface area contributed by atoms with E-state index in [1.807, 2.05) is 17.5 Å². The number of hydrogen-bond acceptors (Lipinski definition) is 4. The van der Waals surface area contributed by atoms with Crippen LogP contribution in [-0.2, 0) is 11.2 Å². The van der Waals surface area contributed by atoms with Crippen molar-refractivity contribution in [2.24, 2.45) is 0 Å². The first-order chi connectivity index (χ1) is 13.5. The Morgan fingerprint density at radius 2 is 1.89 bits per heavy atom. The number of carbonyl (C=O) groups is 2. The van der Waals surface area contributed by atoms with E-state index >= 15 is 0 Å². The molecule has 3 aromatic rings. The number of thiophene rings is 1. The fourth-order valence-corrected chi connectivity index (χ4v) is 3.75. The summed E-state index contributed by atoms with van der Waals surface area (Å²) >= 11 is 1.51. The molecule has 28 heavy (non-hydrogen) atoms. The van der Waals surface area contributed by atoms with Gasteiger partial charge in [-0.05, 0) is 54.3 Å². The molecule has 0 saturated heterocycles. The lowest BCUT2D eigenvalue weighted by Crippen LogP contribution is -2.30. The van der Waals surface area contributed by atoms with Gasteiger partial charge in [0, 0.05) is 16.0 Å². The van der Waals surface area contributed by atoms with Gasteiger partial charge in [0.05, 0.1) is 19.6 Å². The highest BCUT2D eigenvalue weighted by molar-refractivity contribution is 7.10. The Morgan fingerprint density at radius 3 is 2.50 bits per heavy atom. The van der Waals surface area contributed by atoms with Crippen LogP contribution in [0.25, 0.3) is 0 Å². The van der Waals surface area contributed by atoms with Gasteiger partial charge in [-0.15, -0.1) is 11.3 Å². The molecular formula is C22H20FNO3S. The molecule has 0 unspecified atom stereocenters. The lowest BCUT2D eigenvalue weighted by atomic mass is 10.0. The molecule has 4 nitrogen and oxygen atoms in total. The highest BCUT2D eigenvalue weighted by Gasteiger charge is 2.19. The molecule has 1 N–H and O–H groups in total. The first kappa shape index (κ1) is 19.8. The second-order valence-corrected chi connectivity index (χ2v) is 7.31. The van der Waals surface area contributed by atoms with E-state index in [0.717, 1.165) is 10.4 Å². The summed E-state index contributed by atoms with van der Waals surface area (Å²) in [5.74, 6) is -0.0748. The SMILES string of the molecule is COc1ccc(C(C)=O)cc1CC(=O)N[C@H](c1ccc(F)cc1)c1cccs1. The van der Waals surface area contributed by atoms with Gasteiger partial charge in [-0.1, -0.05) is 18.2 Å². The number of carbonyl (C=O) groups excluding carboxylic acids is 2. The minimum absolute atomic E-state index is 0.0629. The lowest BCUT2D eigenvalue weighted by Gasteiger charge is -2.19. The van der Waals surface area contributed by atoms with Crippen molar-refractivity contribution in [1.29, 1.82) is 0 Å². The third-order valence-electron chi connectivity index (χ3n) is 4.37. The summed E-state index contributed by atoms with van der Waals surface area (Å²) in [6, 6.07) is 14.6. The molecule has 144 valence electrons. The number of nitrogens with one attached hydrogen (secondary N) is 1. The standard InChI is InChI=1S/C22H20FNO3S/c1-14(25)16-7-10-19(27-2)17(12-16)13-21(26)24-22(20-4-3-11-28-20)15-5-8-18(23)9-6-15/h3-12,22H,13H2,1-2H3,(H,24,26)/t22-/m1/s1. The molecule has 1 heterocycles. The molecule has 1 amide bonds. The van der Waals surface area contributed by atoms with Crippen molar-refractivity contribution in [1.82, 2.24) is 5.32 Å². The first-order valence-corrected chi connectivity index (χ1v) is 9.62. The maximum Gasteiger partial charge on any atom is 0.225 e. The monoisotopic (exact) mass is 397 g/mol. The number of methoxy groups -OCH3 is 1. The van der Waals surface area contributed by atoms with Crippen LogP contribution < -0.4 is 10.1 Å².